The highest BCUT2D eigenvalue weighted by Crippen LogP contribution is 2.38. The molecule has 0 atom stereocenters. The molecule has 0 unspecified atom stereocenters. The second-order valence-electron chi connectivity index (χ2n) is 8.15. The summed E-state index contributed by atoms with van der Waals surface area (Å²) in [7, 11) is 0. The molecule has 1 aromatic heterocycles. The lowest BCUT2D eigenvalue weighted by Gasteiger charge is -2.29. The van der Waals surface area contributed by atoms with E-state index in [1.54, 1.807) is 12.1 Å². The summed E-state index contributed by atoms with van der Waals surface area (Å²) in [6.07, 6.45) is 3.94. The van der Waals surface area contributed by atoms with Gasteiger partial charge < -0.3 is 19.2 Å². The van der Waals surface area contributed by atoms with Crippen LogP contribution in [0.3, 0.4) is 0 Å². The van der Waals surface area contributed by atoms with Crippen molar-refractivity contribution >= 4 is 22.8 Å². The summed E-state index contributed by atoms with van der Waals surface area (Å²) in [5.74, 6) is 1.66. The van der Waals surface area contributed by atoms with Gasteiger partial charge in [0.05, 0.1) is 18.7 Å². The van der Waals surface area contributed by atoms with Gasteiger partial charge in [0, 0.05) is 17.0 Å². The van der Waals surface area contributed by atoms with Crippen LogP contribution in [0.4, 0.5) is 0 Å². The summed E-state index contributed by atoms with van der Waals surface area (Å²) in [6, 6.07) is 12.6. The highest BCUT2D eigenvalue weighted by molar-refractivity contribution is 6.14. The number of ketones is 1. The van der Waals surface area contributed by atoms with E-state index in [0.717, 1.165) is 42.8 Å². The molecule has 1 N–H and O–H groups in total. The number of nitrogens with one attached hydrogen (secondary N) is 1. The number of piperidine rings is 1. The first-order chi connectivity index (χ1) is 14.1. The molecule has 1 saturated heterocycles. The van der Waals surface area contributed by atoms with E-state index < -0.39 is 0 Å². The summed E-state index contributed by atoms with van der Waals surface area (Å²) >= 11 is 0. The fourth-order valence-corrected chi connectivity index (χ4v) is 4.26. The van der Waals surface area contributed by atoms with E-state index in [4.69, 9.17) is 9.15 Å². The third-order valence-corrected chi connectivity index (χ3v) is 6.02. The van der Waals surface area contributed by atoms with Crippen LogP contribution >= 0.6 is 0 Å². The molecule has 0 aliphatic carbocycles. The number of ether oxygens (including phenoxy) is 1. The zero-order valence-electron chi connectivity index (χ0n) is 16.4. The number of fused-ring (bicyclic) bond motifs is 2. The van der Waals surface area contributed by atoms with E-state index in [1.807, 2.05) is 30.3 Å². The van der Waals surface area contributed by atoms with E-state index in [0.29, 0.717) is 29.2 Å². The Labute approximate surface area is 169 Å². The van der Waals surface area contributed by atoms with Crippen molar-refractivity contribution in [3.8, 4) is 11.5 Å². The second kappa shape index (κ2) is 7.08. The molecule has 0 saturated carbocycles. The van der Waals surface area contributed by atoms with Crippen LogP contribution in [0.15, 0.2) is 52.6 Å². The second-order valence-corrected chi connectivity index (χ2v) is 8.15. The standard InChI is InChI=1S/C24H23NO4/c1-15-8-10-25(11-9-15)14-19-20(26)7-6-18-23(27)22(29-24(18)19)13-17-12-16-4-2-3-5-21(16)28-17/h2-7,12-13,15,26H,8-11,14H2,1H3/b22-13-. The van der Waals surface area contributed by atoms with E-state index in [1.165, 1.54) is 11.0 Å². The lowest BCUT2D eigenvalue weighted by molar-refractivity contribution is -0.919. The molecule has 0 radical (unpaired) electrons. The number of para-hydroxylation sites is 1. The average molecular weight is 389 g/mol. The van der Waals surface area contributed by atoms with Crippen molar-refractivity contribution in [1.82, 2.24) is 0 Å². The molecule has 2 aliphatic heterocycles. The Hall–Kier alpha value is -3.05. The number of hydrogen-bond donors (Lipinski definition) is 1. The molecule has 148 valence electrons. The molecule has 5 rings (SSSR count). The van der Waals surface area contributed by atoms with Gasteiger partial charge in [0.1, 0.15) is 23.6 Å². The number of furan rings is 1. The quantitative estimate of drug-likeness (QED) is 0.700. The molecule has 0 amide bonds. The summed E-state index contributed by atoms with van der Waals surface area (Å²) in [5.41, 5.74) is 1.83. The fourth-order valence-electron chi connectivity index (χ4n) is 4.26. The Morgan fingerprint density at radius 3 is 2.76 bits per heavy atom. The first kappa shape index (κ1) is 18.0. The minimum Gasteiger partial charge on any atom is -0.872 e. The number of likely N-dealkylation sites (tertiary alicyclic amines) is 1. The van der Waals surface area contributed by atoms with Crippen molar-refractivity contribution in [3.63, 3.8) is 0 Å². The number of rotatable bonds is 3. The van der Waals surface area contributed by atoms with Gasteiger partial charge in [-0.1, -0.05) is 36.9 Å². The molecule has 3 heterocycles. The first-order valence-electron chi connectivity index (χ1n) is 10.2. The minimum atomic E-state index is -0.205. The summed E-state index contributed by atoms with van der Waals surface area (Å²) in [6.45, 7) is 4.95. The molecule has 2 aromatic carbocycles. The van der Waals surface area contributed by atoms with E-state index in [2.05, 4.69) is 6.92 Å². The molecular weight excluding hydrogens is 366 g/mol. The highest BCUT2D eigenvalue weighted by Gasteiger charge is 2.32. The number of allylic oxidation sites excluding steroid dienone is 1. The van der Waals surface area contributed by atoms with Gasteiger partial charge in [-0.05, 0) is 37.0 Å². The normalized spacial score (nSPS) is 22.8. The smallest absolute Gasteiger partial charge is 0.232 e. The predicted molar refractivity (Wildman–Crippen MR) is 108 cm³/mol. The van der Waals surface area contributed by atoms with Crippen LogP contribution in [-0.4, -0.2) is 18.9 Å². The van der Waals surface area contributed by atoms with Crippen LogP contribution in [0.2, 0.25) is 0 Å². The molecular formula is C24H23NO4. The van der Waals surface area contributed by atoms with Gasteiger partial charge in [0.25, 0.3) is 0 Å². The molecule has 2 aliphatic rings. The molecule has 5 heteroatoms. The predicted octanol–water partition coefficient (Wildman–Crippen LogP) is 2.94. The van der Waals surface area contributed by atoms with Gasteiger partial charge in [-0.25, -0.2) is 0 Å². The van der Waals surface area contributed by atoms with E-state index in [9.17, 15) is 9.90 Å². The van der Waals surface area contributed by atoms with Crippen molar-refractivity contribution in [1.29, 1.82) is 0 Å². The Morgan fingerprint density at radius 1 is 1.17 bits per heavy atom. The Kier molecular flexibility index (Phi) is 4.40. The monoisotopic (exact) mass is 389 g/mol. The number of quaternary nitrogens is 1. The molecule has 0 spiro atoms. The Morgan fingerprint density at radius 2 is 1.97 bits per heavy atom. The Balaban J connectivity index is 1.45. The van der Waals surface area contributed by atoms with Crippen LogP contribution in [-0.2, 0) is 6.54 Å². The zero-order valence-corrected chi connectivity index (χ0v) is 16.4. The van der Waals surface area contributed by atoms with Gasteiger partial charge >= 0.3 is 0 Å². The number of hydrogen-bond acceptors (Lipinski definition) is 4. The first-order valence-corrected chi connectivity index (χ1v) is 10.2. The molecule has 5 nitrogen and oxygen atoms in total. The van der Waals surface area contributed by atoms with Gasteiger partial charge in [-0.2, -0.15) is 0 Å². The maximum atomic E-state index is 12.9. The summed E-state index contributed by atoms with van der Waals surface area (Å²) in [4.78, 5) is 14.2. The van der Waals surface area contributed by atoms with Crippen molar-refractivity contribution in [2.75, 3.05) is 13.1 Å². The maximum Gasteiger partial charge on any atom is 0.232 e. The van der Waals surface area contributed by atoms with Gasteiger partial charge in [-0.3, -0.25) is 4.79 Å². The number of carbonyl (C=O) groups is 1. The van der Waals surface area contributed by atoms with Crippen LogP contribution in [0, 0.1) is 5.92 Å². The molecule has 29 heavy (non-hydrogen) atoms. The average Bonchev–Trinajstić information content (AvgIpc) is 3.27. The lowest BCUT2D eigenvalue weighted by atomic mass is 9.98. The molecule has 1 fully saturated rings. The zero-order chi connectivity index (χ0) is 20.0. The van der Waals surface area contributed by atoms with Crippen LogP contribution in [0.1, 0.15) is 41.4 Å². The van der Waals surface area contributed by atoms with E-state index in [-0.39, 0.29) is 17.3 Å². The van der Waals surface area contributed by atoms with Crippen molar-refractivity contribution in [3.05, 3.63) is 65.1 Å². The fraction of sp³-hybridized carbons (Fsp3) is 0.292. The van der Waals surface area contributed by atoms with Crippen LogP contribution in [0.5, 0.6) is 11.5 Å². The lowest BCUT2D eigenvalue weighted by Crippen LogP contribution is -3.11. The minimum absolute atomic E-state index is 0.0624. The summed E-state index contributed by atoms with van der Waals surface area (Å²) in [5, 5.41) is 13.5. The van der Waals surface area contributed by atoms with Crippen molar-refractivity contribution in [2.24, 2.45) is 5.92 Å². The third kappa shape index (κ3) is 3.32. The maximum absolute atomic E-state index is 12.9. The largest absolute Gasteiger partial charge is 0.872 e. The number of benzene rings is 2. The third-order valence-electron chi connectivity index (χ3n) is 6.02. The number of carbonyl (C=O) groups excluding carboxylic acids is 1. The molecule has 3 aromatic rings. The van der Waals surface area contributed by atoms with Crippen molar-refractivity contribution < 1.29 is 24.0 Å². The van der Waals surface area contributed by atoms with Crippen LogP contribution in [0.25, 0.3) is 17.0 Å². The van der Waals surface area contributed by atoms with Crippen LogP contribution < -0.4 is 14.7 Å². The van der Waals surface area contributed by atoms with Gasteiger partial charge in [0.2, 0.25) is 5.78 Å². The number of Topliss-reactive ketones (excluding diaryl/α,β-unsaturated/α-hetero) is 1. The molecule has 0 bridgehead atoms. The Bertz CT molecular complexity index is 1090. The van der Waals surface area contributed by atoms with E-state index >= 15 is 0 Å². The summed E-state index contributed by atoms with van der Waals surface area (Å²) < 4.78 is 11.7. The topological polar surface area (TPSA) is 66.9 Å². The highest BCUT2D eigenvalue weighted by atomic mass is 16.5. The van der Waals surface area contributed by atoms with Gasteiger partial charge in [0.15, 0.2) is 5.76 Å². The van der Waals surface area contributed by atoms with Gasteiger partial charge in [-0.15, -0.1) is 0 Å². The SMILES string of the molecule is CC1CC[NH+](Cc2c([O-])ccc3c2O/C(=C\c2cc4ccccc4o2)C3=O)CC1. The van der Waals surface area contributed by atoms with Crippen molar-refractivity contribution in [2.45, 2.75) is 26.3 Å².